The van der Waals surface area contributed by atoms with Crippen LogP contribution in [0, 0.1) is 0 Å². The molecular formula is C8H14O6. The molecule has 14 heavy (non-hydrogen) atoms. The Labute approximate surface area is 81.8 Å². The number of esters is 1. The third-order valence-corrected chi connectivity index (χ3v) is 1.31. The van der Waals surface area contributed by atoms with Gasteiger partial charge in [-0.25, -0.2) is 4.79 Å². The Bertz CT molecular complexity index is 190. The zero-order valence-electron chi connectivity index (χ0n) is 8.19. The van der Waals surface area contributed by atoms with E-state index in [9.17, 15) is 9.59 Å². The molecule has 0 aromatic carbocycles. The molecule has 0 aliphatic rings. The molecular weight excluding hydrogens is 192 g/mol. The molecule has 0 rings (SSSR count). The molecule has 0 aromatic rings. The van der Waals surface area contributed by atoms with E-state index in [0.717, 1.165) is 7.11 Å². The number of rotatable bonds is 7. The van der Waals surface area contributed by atoms with Gasteiger partial charge in [0.15, 0.2) is 0 Å². The molecule has 0 radical (unpaired) electrons. The second-order valence-electron chi connectivity index (χ2n) is 2.34. The molecule has 0 heterocycles. The van der Waals surface area contributed by atoms with Gasteiger partial charge in [-0.3, -0.25) is 4.79 Å². The van der Waals surface area contributed by atoms with Crippen molar-refractivity contribution in [3.63, 3.8) is 0 Å². The molecule has 0 spiro atoms. The van der Waals surface area contributed by atoms with E-state index in [1.165, 1.54) is 0 Å². The Kier molecular flexibility index (Phi) is 6.69. The summed E-state index contributed by atoms with van der Waals surface area (Å²) in [6.07, 6.45) is -1.52. The lowest BCUT2D eigenvalue weighted by Gasteiger charge is -2.11. The lowest BCUT2D eigenvalue weighted by Crippen LogP contribution is -2.29. The first-order valence-corrected chi connectivity index (χ1v) is 4.14. The first-order valence-electron chi connectivity index (χ1n) is 4.14. The van der Waals surface area contributed by atoms with Crippen LogP contribution in [0.2, 0.25) is 0 Å². The first-order chi connectivity index (χ1) is 6.61. The quantitative estimate of drug-likeness (QED) is 0.359. The van der Waals surface area contributed by atoms with Crippen molar-refractivity contribution in [1.82, 2.24) is 0 Å². The van der Waals surface area contributed by atoms with Gasteiger partial charge in [-0.2, -0.15) is 0 Å². The van der Waals surface area contributed by atoms with Gasteiger partial charge < -0.3 is 19.3 Å². The highest BCUT2D eigenvalue weighted by Crippen LogP contribution is 1.97. The van der Waals surface area contributed by atoms with Gasteiger partial charge in [0.1, 0.15) is 0 Å². The Hall–Kier alpha value is -1.14. The van der Waals surface area contributed by atoms with Gasteiger partial charge in [0, 0.05) is 13.7 Å². The summed E-state index contributed by atoms with van der Waals surface area (Å²) in [5.74, 6) is -2.00. The van der Waals surface area contributed by atoms with Crippen molar-refractivity contribution in [3.8, 4) is 0 Å². The normalized spacial score (nSPS) is 12.1. The van der Waals surface area contributed by atoms with Crippen LogP contribution in [0.1, 0.15) is 13.3 Å². The van der Waals surface area contributed by atoms with Crippen molar-refractivity contribution in [2.75, 3.05) is 20.3 Å². The fourth-order valence-electron chi connectivity index (χ4n) is 0.677. The van der Waals surface area contributed by atoms with Crippen LogP contribution in [0.5, 0.6) is 0 Å². The molecule has 0 amide bonds. The van der Waals surface area contributed by atoms with Gasteiger partial charge in [0.25, 0.3) is 0 Å². The fraction of sp³-hybridized carbons (Fsp3) is 0.750. The number of hydrogen-bond donors (Lipinski definition) is 1. The van der Waals surface area contributed by atoms with Crippen molar-refractivity contribution >= 4 is 11.9 Å². The number of hydrogen-bond acceptors (Lipinski definition) is 5. The highest BCUT2D eigenvalue weighted by atomic mass is 16.7. The highest BCUT2D eigenvalue weighted by Gasteiger charge is 2.20. The van der Waals surface area contributed by atoms with E-state index in [0.29, 0.717) is 6.61 Å². The van der Waals surface area contributed by atoms with Crippen LogP contribution in [0.25, 0.3) is 0 Å². The van der Waals surface area contributed by atoms with Gasteiger partial charge in [-0.15, -0.1) is 0 Å². The fourth-order valence-corrected chi connectivity index (χ4v) is 0.677. The van der Waals surface area contributed by atoms with Crippen molar-refractivity contribution in [2.24, 2.45) is 0 Å². The topological polar surface area (TPSA) is 82.1 Å². The Morgan fingerprint density at radius 1 is 1.43 bits per heavy atom. The zero-order valence-corrected chi connectivity index (χ0v) is 8.19. The predicted octanol–water partition coefficient (Wildman–Crippen LogP) is 0.0133. The van der Waals surface area contributed by atoms with E-state index < -0.39 is 18.2 Å². The Balaban J connectivity index is 3.74. The number of carbonyl (C=O) groups is 2. The zero-order chi connectivity index (χ0) is 11.0. The second-order valence-corrected chi connectivity index (χ2v) is 2.34. The molecule has 0 aliphatic carbocycles. The minimum atomic E-state index is -1.54. The molecule has 6 heteroatoms. The van der Waals surface area contributed by atoms with Gasteiger partial charge in [-0.05, 0) is 6.92 Å². The maximum absolute atomic E-state index is 10.9. The van der Waals surface area contributed by atoms with Crippen molar-refractivity contribution in [2.45, 2.75) is 19.6 Å². The molecule has 1 N–H and O–H groups in total. The molecule has 0 bridgehead atoms. The van der Waals surface area contributed by atoms with Gasteiger partial charge in [0.2, 0.25) is 0 Å². The van der Waals surface area contributed by atoms with Crippen LogP contribution in [0.3, 0.4) is 0 Å². The van der Waals surface area contributed by atoms with Crippen LogP contribution >= 0.6 is 0 Å². The van der Waals surface area contributed by atoms with Crippen LogP contribution in [0.4, 0.5) is 0 Å². The summed E-state index contributed by atoms with van der Waals surface area (Å²) in [7, 11) is 1.15. The van der Waals surface area contributed by atoms with E-state index in [1.54, 1.807) is 6.92 Å². The second kappa shape index (κ2) is 7.28. The van der Waals surface area contributed by atoms with E-state index >= 15 is 0 Å². The lowest BCUT2D eigenvalue weighted by molar-refractivity contribution is -0.192. The molecule has 6 nitrogen and oxygen atoms in total. The number of aliphatic carboxylic acids is 1. The van der Waals surface area contributed by atoms with E-state index in [4.69, 9.17) is 9.84 Å². The molecule has 1 unspecified atom stereocenters. The first kappa shape index (κ1) is 12.9. The maximum atomic E-state index is 10.9. The van der Waals surface area contributed by atoms with Crippen molar-refractivity contribution < 1.29 is 28.9 Å². The molecule has 1 atom stereocenters. The summed E-state index contributed by atoms with van der Waals surface area (Å²) in [6, 6.07) is 0. The molecule has 0 fully saturated rings. The van der Waals surface area contributed by atoms with Crippen LogP contribution in [-0.4, -0.2) is 43.7 Å². The van der Waals surface area contributed by atoms with Crippen LogP contribution in [0.15, 0.2) is 0 Å². The number of carboxylic acid groups (broad SMARTS) is 1. The molecule has 82 valence electrons. The SMILES string of the molecule is CCOCCC(=O)OC(OC)C(=O)O. The summed E-state index contributed by atoms with van der Waals surface area (Å²) in [6.45, 7) is 2.51. The summed E-state index contributed by atoms with van der Waals surface area (Å²) >= 11 is 0. The van der Waals surface area contributed by atoms with Gasteiger partial charge in [0.05, 0.1) is 13.0 Å². The van der Waals surface area contributed by atoms with Crippen molar-refractivity contribution in [1.29, 1.82) is 0 Å². The minimum Gasteiger partial charge on any atom is -0.477 e. The predicted molar refractivity (Wildman–Crippen MR) is 45.6 cm³/mol. The molecule has 0 saturated carbocycles. The number of ether oxygens (including phenoxy) is 3. The molecule has 0 aromatic heterocycles. The Morgan fingerprint density at radius 2 is 2.07 bits per heavy atom. The summed E-state index contributed by atoms with van der Waals surface area (Å²) in [4.78, 5) is 21.3. The summed E-state index contributed by atoms with van der Waals surface area (Å²) in [5.41, 5.74) is 0. The largest absolute Gasteiger partial charge is 0.477 e. The highest BCUT2D eigenvalue weighted by molar-refractivity contribution is 5.76. The van der Waals surface area contributed by atoms with E-state index in [-0.39, 0.29) is 13.0 Å². The number of methoxy groups -OCH3 is 1. The van der Waals surface area contributed by atoms with Gasteiger partial charge in [-0.1, -0.05) is 0 Å². The monoisotopic (exact) mass is 206 g/mol. The standard InChI is InChI=1S/C8H14O6/c1-3-13-5-4-6(9)14-8(12-2)7(10)11/h8H,3-5H2,1-2H3,(H,10,11). The maximum Gasteiger partial charge on any atom is 0.373 e. The third kappa shape index (κ3) is 5.50. The van der Waals surface area contributed by atoms with Crippen molar-refractivity contribution in [3.05, 3.63) is 0 Å². The van der Waals surface area contributed by atoms with E-state index in [2.05, 4.69) is 9.47 Å². The average Bonchev–Trinajstić information content (AvgIpc) is 2.14. The van der Waals surface area contributed by atoms with Crippen LogP contribution in [-0.2, 0) is 23.8 Å². The average molecular weight is 206 g/mol. The minimum absolute atomic E-state index is 0.0149. The summed E-state index contributed by atoms with van der Waals surface area (Å²) in [5, 5.41) is 8.46. The lowest BCUT2D eigenvalue weighted by atomic mass is 10.4. The van der Waals surface area contributed by atoms with Crippen LogP contribution < -0.4 is 0 Å². The molecule has 0 saturated heterocycles. The molecule has 0 aliphatic heterocycles. The Morgan fingerprint density at radius 3 is 2.50 bits per heavy atom. The third-order valence-electron chi connectivity index (χ3n) is 1.31. The van der Waals surface area contributed by atoms with E-state index in [1.807, 2.05) is 0 Å². The number of carboxylic acids is 1. The van der Waals surface area contributed by atoms with Gasteiger partial charge >= 0.3 is 18.2 Å². The number of carbonyl (C=O) groups excluding carboxylic acids is 1. The smallest absolute Gasteiger partial charge is 0.373 e. The summed E-state index contributed by atoms with van der Waals surface area (Å²) < 4.78 is 13.8.